The Bertz CT molecular complexity index is 658. The third-order valence-corrected chi connectivity index (χ3v) is 4.70. The van der Waals surface area contributed by atoms with Crippen molar-refractivity contribution in [1.82, 2.24) is 14.9 Å². The maximum atomic E-state index is 4.53. The fourth-order valence-electron chi connectivity index (χ4n) is 2.34. The Balaban J connectivity index is 1.60. The zero-order chi connectivity index (χ0) is 15.2. The van der Waals surface area contributed by atoms with Crippen LogP contribution in [0.15, 0.2) is 53.0 Å². The van der Waals surface area contributed by atoms with Crippen LogP contribution in [0.1, 0.15) is 30.4 Å². The summed E-state index contributed by atoms with van der Waals surface area (Å²) in [6, 6.07) is 8.58. The summed E-state index contributed by atoms with van der Waals surface area (Å²) in [6.07, 6.45) is 11.6. The van der Waals surface area contributed by atoms with E-state index in [1.165, 1.54) is 17.5 Å². The van der Waals surface area contributed by atoms with Gasteiger partial charge < -0.3 is 0 Å². The molecule has 1 heterocycles. The monoisotopic (exact) mass is 312 g/mol. The second-order valence-electron chi connectivity index (χ2n) is 5.54. The summed E-state index contributed by atoms with van der Waals surface area (Å²) in [7, 11) is 0. The zero-order valence-corrected chi connectivity index (χ0v) is 13.5. The number of aryl methyl sites for hydroxylation is 1. The van der Waals surface area contributed by atoms with Gasteiger partial charge in [0.25, 0.3) is 0 Å². The summed E-state index contributed by atoms with van der Waals surface area (Å²) >= 11 is 1.66. The van der Waals surface area contributed by atoms with Crippen LogP contribution >= 0.6 is 11.8 Å². The van der Waals surface area contributed by atoms with Crippen LogP contribution in [0, 0.1) is 12.8 Å². The number of hydrogen-bond donors (Lipinski definition) is 0. The predicted octanol–water partition coefficient (Wildman–Crippen LogP) is 4.07. The van der Waals surface area contributed by atoms with Gasteiger partial charge in [-0.2, -0.15) is 9.78 Å². The normalized spacial score (nSPS) is 18.1. The topological polar surface area (TPSA) is 43.1 Å². The van der Waals surface area contributed by atoms with Gasteiger partial charge in [-0.15, -0.1) is 10.2 Å². The first kappa shape index (κ1) is 15.0. The minimum atomic E-state index is 0.530. The standard InChI is InChI=1S/C17H20N4S/c1-14-7-9-16(10-8-14)12-22-17-20-18-13-21(17)19-11-15-5-3-2-4-6-15/h2-3,7-11,13,15H,4-6,12H2,1H3/b19-11-/t15-/m1/s1. The molecule has 1 atom stereocenters. The maximum absolute atomic E-state index is 4.53. The van der Waals surface area contributed by atoms with Crippen LogP contribution in [0.4, 0.5) is 0 Å². The molecule has 1 aromatic heterocycles. The van der Waals surface area contributed by atoms with E-state index in [-0.39, 0.29) is 0 Å². The fraction of sp³-hybridized carbons (Fsp3) is 0.353. The largest absolute Gasteiger partial charge is 0.212 e. The molecule has 0 saturated carbocycles. The highest BCUT2D eigenvalue weighted by atomic mass is 32.2. The molecule has 0 fully saturated rings. The maximum Gasteiger partial charge on any atom is 0.212 e. The minimum absolute atomic E-state index is 0.530. The van der Waals surface area contributed by atoms with Crippen molar-refractivity contribution in [2.24, 2.45) is 11.0 Å². The van der Waals surface area contributed by atoms with Crippen molar-refractivity contribution in [3.63, 3.8) is 0 Å². The Labute approximate surface area is 135 Å². The van der Waals surface area contributed by atoms with Crippen LogP contribution in [0.25, 0.3) is 0 Å². The highest BCUT2D eigenvalue weighted by Gasteiger charge is 2.08. The lowest BCUT2D eigenvalue weighted by Gasteiger charge is -2.11. The summed E-state index contributed by atoms with van der Waals surface area (Å²) in [5, 5.41) is 13.5. The van der Waals surface area contributed by atoms with Gasteiger partial charge in [0.15, 0.2) is 0 Å². The summed E-state index contributed by atoms with van der Waals surface area (Å²) in [6.45, 7) is 2.10. The van der Waals surface area contributed by atoms with Gasteiger partial charge in [-0.3, -0.25) is 0 Å². The molecule has 1 aromatic carbocycles. The van der Waals surface area contributed by atoms with Gasteiger partial charge in [0, 0.05) is 12.0 Å². The van der Waals surface area contributed by atoms with Crippen molar-refractivity contribution in [2.45, 2.75) is 37.1 Å². The second kappa shape index (κ2) is 7.40. The number of allylic oxidation sites excluding steroid dienone is 2. The SMILES string of the molecule is Cc1ccc(CSc2nncn2/N=C\[C@@H]2CC=CCC2)cc1. The van der Waals surface area contributed by atoms with Gasteiger partial charge in [0.05, 0.1) is 0 Å². The highest BCUT2D eigenvalue weighted by molar-refractivity contribution is 7.98. The molecule has 114 valence electrons. The molecule has 1 aliphatic carbocycles. The van der Waals surface area contributed by atoms with E-state index in [0.717, 1.165) is 23.8 Å². The lowest BCUT2D eigenvalue weighted by molar-refractivity contribution is 0.618. The van der Waals surface area contributed by atoms with Crippen molar-refractivity contribution < 1.29 is 0 Å². The van der Waals surface area contributed by atoms with Crippen LogP contribution in [-0.4, -0.2) is 21.1 Å². The molecule has 3 rings (SSSR count). The van der Waals surface area contributed by atoms with Crippen LogP contribution in [-0.2, 0) is 5.75 Å². The van der Waals surface area contributed by atoms with Gasteiger partial charge in [0.1, 0.15) is 6.33 Å². The predicted molar refractivity (Wildman–Crippen MR) is 91.1 cm³/mol. The number of benzene rings is 1. The van der Waals surface area contributed by atoms with Crippen molar-refractivity contribution in [3.8, 4) is 0 Å². The van der Waals surface area contributed by atoms with E-state index in [2.05, 4.69) is 58.6 Å². The molecular weight excluding hydrogens is 292 g/mol. The molecule has 4 nitrogen and oxygen atoms in total. The Morgan fingerprint density at radius 3 is 2.95 bits per heavy atom. The van der Waals surface area contributed by atoms with Gasteiger partial charge in [-0.1, -0.05) is 53.7 Å². The quantitative estimate of drug-likeness (QED) is 0.475. The Hall–Kier alpha value is -1.88. The van der Waals surface area contributed by atoms with Crippen LogP contribution < -0.4 is 0 Å². The lowest BCUT2D eigenvalue weighted by atomic mass is 9.96. The number of nitrogens with zero attached hydrogens (tertiary/aromatic N) is 4. The summed E-state index contributed by atoms with van der Waals surface area (Å²) in [5.74, 6) is 1.41. The molecule has 0 saturated heterocycles. The first-order valence-corrected chi connectivity index (χ1v) is 8.57. The molecule has 5 heteroatoms. The van der Waals surface area contributed by atoms with E-state index in [1.807, 2.05) is 6.21 Å². The molecule has 0 aliphatic heterocycles. The Kier molecular flexibility index (Phi) is 5.06. The van der Waals surface area contributed by atoms with Gasteiger partial charge in [0.2, 0.25) is 5.16 Å². The van der Waals surface area contributed by atoms with Crippen molar-refractivity contribution >= 4 is 18.0 Å². The molecule has 0 unspecified atom stereocenters. The van der Waals surface area contributed by atoms with Gasteiger partial charge in [-0.25, -0.2) is 0 Å². The molecule has 0 spiro atoms. The average Bonchev–Trinajstić information content (AvgIpc) is 3.01. The number of rotatable bonds is 5. The third kappa shape index (κ3) is 4.07. The average molecular weight is 312 g/mol. The first-order chi connectivity index (χ1) is 10.8. The second-order valence-corrected chi connectivity index (χ2v) is 6.48. The van der Waals surface area contributed by atoms with E-state index >= 15 is 0 Å². The van der Waals surface area contributed by atoms with E-state index in [4.69, 9.17) is 0 Å². The van der Waals surface area contributed by atoms with E-state index in [0.29, 0.717) is 5.92 Å². The zero-order valence-electron chi connectivity index (χ0n) is 12.7. The van der Waals surface area contributed by atoms with Crippen molar-refractivity contribution in [3.05, 3.63) is 53.9 Å². The van der Waals surface area contributed by atoms with Crippen LogP contribution in [0.5, 0.6) is 0 Å². The van der Waals surface area contributed by atoms with Crippen molar-refractivity contribution in [1.29, 1.82) is 0 Å². The minimum Gasteiger partial charge on any atom is -0.195 e. The number of aromatic nitrogens is 3. The molecular formula is C17H20N4S. The molecule has 22 heavy (non-hydrogen) atoms. The Morgan fingerprint density at radius 2 is 2.18 bits per heavy atom. The Morgan fingerprint density at radius 1 is 1.32 bits per heavy atom. The third-order valence-electron chi connectivity index (χ3n) is 3.70. The summed E-state index contributed by atoms with van der Waals surface area (Å²) < 4.78 is 1.77. The first-order valence-electron chi connectivity index (χ1n) is 7.59. The summed E-state index contributed by atoms with van der Waals surface area (Å²) in [5.41, 5.74) is 2.56. The fourth-order valence-corrected chi connectivity index (χ4v) is 3.16. The molecule has 0 N–H and O–H groups in total. The smallest absolute Gasteiger partial charge is 0.195 e. The molecule has 0 radical (unpaired) electrons. The molecule has 0 amide bonds. The van der Waals surface area contributed by atoms with Gasteiger partial charge in [-0.05, 0) is 37.7 Å². The number of hydrogen-bond acceptors (Lipinski definition) is 4. The number of thioether (sulfide) groups is 1. The molecule has 1 aliphatic rings. The molecule has 2 aromatic rings. The van der Waals surface area contributed by atoms with E-state index in [1.54, 1.807) is 22.8 Å². The summed E-state index contributed by atoms with van der Waals surface area (Å²) in [4.78, 5) is 0. The van der Waals surface area contributed by atoms with Gasteiger partial charge >= 0.3 is 0 Å². The van der Waals surface area contributed by atoms with Crippen LogP contribution in [0.3, 0.4) is 0 Å². The molecule has 0 bridgehead atoms. The van der Waals surface area contributed by atoms with Crippen molar-refractivity contribution in [2.75, 3.05) is 0 Å². The van der Waals surface area contributed by atoms with Crippen LogP contribution in [0.2, 0.25) is 0 Å². The lowest BCUT2D eigenvalue weighted by Crippen LogP contribution is -2.05. The highest BCUT2D eigenvalue weighted by Crippen LogP contribution is 2.21. The van der Waals surface area contributed by atoms with E-state index in [9.17, 15) is 0 Å². The van der Waals surface area contributed by atoms with E-state index < -0.39 is 0 Å².